The molecule has 2 aromatic rings. The van der Waals surface area contributed by atoms with Crippen LogP contribution in [0.5, 0.6) is 0 Å². The number of aromatic nitrogens is 1. The highest BCUT2D eigenvalue weighted by Gasteiger charge is 2.02. The number of benzene rings is 1. The summed E-state index contributed by atoms with van der Waals surface area (Å²) in [6.07, 6.45) is 2.45. The summed E-state index contributed by atoms with van der Waals surface area (Å²) >= 11 is 9.38. The van der Waals surface area contributed by atoms with Crippen molar-refractivity contribution in [1.29, 1.82) is 0 Å². The Labute approximate surface area is 120 Å². The number of hydrogen-bond acceptors (Lipinski definition) is 2. The van der Waals surface area contributed by atoms with E-state index >= 15 is 0 Å². The van der Waals surface area contributed by atoms with Gasteiger partial charge in [0.15, 0.2) is 0 Å². The van der Waals surface area contributed by atoms with Crippen molar-refractivity contribution in [2.75, 3.05) is 6.61 Å². The van der Waals surface area contributed by atoms with Gasteiger partial charge in [-0.05, 0) is 39.5 Å². The third kappa shape index (κ3) is 4.09. The largest absolute Gasteiger partial charge is 0.376 e. The molecule has 0 atom stereocenters. The molecule has 2 rings (SSSR count). The number of halogens is 2. The average Bonchev–Trinajstić information content (AvgIpc) is 2.40. The maximum absolute atomic E-state index is 6.00. The number of hydrogen-bond donors (Lipinski definition) is 0. The zero-order chi connectivity index (χ0) is 12.8. The highest BCUT2D eigenvalue weighted by Crippen LogP contribution is 2.18. The number of rotatable bonds is 5. The molecule has 0 unspecified atom stereocenters. The number of ether oxygens (including phenoxy) is 1. The fourth-order valence-corrected chi connectivity index (χ4v) is 2.16. The summed E-state index contributed by atoms with van der Waals surface area (Å²) in [6, 6.07) is 12.1. The Hall–Kier alpha value is -0.900. The van der Waals surface area contributed by atoms with Crippen LogP contribution in [0.3, 0.4) is 0 Å². The van der Waals surface area contributed by atoms with E-state index < -0.39 is 0 Å². The average molecular weight is 327 g/mol. The molecular weight excluding hydrogens is 314 g/mol. The van der Waals surface area contributed by atoms with E-state index in [9.17, 15) is 0 Å². The van der Waals surface area contributed by atoms with Crippen LogP contribution < -0.4 is 0 Å². The summed E-state index contributed by atoms with van der Waals surface area (Å²) in [5.41, 5.74) is 2.18. The quantitative estimate of drug-likeness (QED) is 0.605. The lowest BCUT2D eigenvalue weighted by Gasteiger charge is -2.06. The Kier molecular flexibility index (Phi) is 5.17. The fourth-order valence-electron chi connectivity index (χ4n) is 1.59. The molecule has 0 saturated heterocycles. The second kappa shape index (κ2) is 6.88. The van der Waals surface area contributed by atoms with Gasteiger partial charge in [-0.3, -0.25) is 0 Å². The van der Waals surface area contributed by atoms with Crippen LogP contribution in [0.2, 0.25) is 5.15 Å². The molecule has 0 fully saturated rings. The lowest BCUT2D eigenvalue weighted by atomic mass is 10.2. The van der Waals surface area contributed by atoms with Crippen LogP contribution in [0, 0.1) is 0 Å². The first-order valence-corrected chi connectivity index (χ1v) is 6.84. The fraction of sp³-hybridized carbons (Fsp3) is 0.214. The van der Waals surface area contributed by atoms with E-state index in [0.29, 0.717) is 18.4 Å². The zero-order valence-corrected chi connectivity index (χ0v) is 12.1. The summed E-state index contributed by atoms with van der Waals surface area (Å²) in [5, 5.41) is 0.543. The molecule has 0 bridgehead atoms. The lowest BCUT2D eigenvalue weighted by Crippen LogP contribution is -2.00. The zero-order valence-electron chi connectivity index (χ0n) is 9.77. The summed E-state index contributed by atoms with van der Waals surface area (Å²) in [7, 11) is 0. The Morgan fingerprint density at radius 1 is 1.22 bits per heavy atom. The van der Waals surface area contributed by atoms with E-state index in [-0.39, 0.29) is 0 Å². The Morgan fingerprint density at radius 2 is 2.00 bits per heavy atom. The minimum Gasteiger partial charge on any atom is -0.376 e. The van der Waals surface area contributed by atoms with Gasteiger partial charge in [-0.1, -0.05) is 41.9 Å². The highest BCUT2D eigenvalue weighted by molar-refractivity contribution is 9.10. The van der Waals surface area contributed by atoms with E-state index in [0.717, 1.165) is 16.5 Å². The summed E-state index contributed by atoms with van der Waals surface area (Å²) in [4.78, 5) is 4.08. The van der Waals surface area contributed by atoms with Crippen molar-refractivity contribution in [2.24, 2.45) is 0 Å². The van der Waals surface area contributed by atoms with Crippen molar-refractivity contribution in [2.45, 2.75) is 13.0 Å². The first kappa shape index (κ1) is 13.5. The molecule has 18 heavy (non-hydrogen) atoms. The molecule has 0 aliphatic carbocycles. The topological polar surface area (TPSA) is 22.1 Å². The van der Waals surface area contributed by atoms with Crippen LogP contribution in [0.4, 0.5) is 0 Å². The Bertz CT molecular complexity index is 504. The SMILES string of the molecule is Clc1ncc(Br)cc1CCOCc1ccccc1. The maximum atomic E-state index is 6.00. The van der Waals surface area contributed by atoms with Gasteiger partial charge in [-0.15, -0.1) is 0 Å². The van der Waals surface area contributed by atoms with E-state index in [1.807, 2.05) is 36.4 Å². The first-order chi connectivity index (χ1) is 8.75. The predicted molar refractivity (Wildman–Crippen MR) is 76.7 cm³/mol. The van der Waals surface area contributed by atoms with Gasteiger partial charge in [-0.2, -0.15) is 0 Å². The van der Waals surface area contributed by atoms with Gasteiger partial charge in [0.1, 0.15) is 5.15 Å². The van der Waals surface area contributed by atoms with E-state index in [1.54, 1.807) is 6.20 Å². The van der Waals surface area contributed by atoms with Crippen LogP contribution in [0.1, 0.15) is 11.1 Å². The molecule has 1 heterocycles. The molecule has 1 aromatic heterocycles. The van der Waals surface area contributed by atoms with Gasteiger partial charge in [0, 0.05) is 10.7 Å². The van der Waals surface area contributed by atoms with Gasteiger partial charge in [0.2, 0.25) is 0 Å². The molecule has 0 radical (unpaired) electrons. The molecule has 0 spiro atoms. The van der Waals surface area contributed by atoms with Crippen LogP contribution in [0.15, 0.2) is 47.1 Å². The molecular formula is C14H13BrClNO. The Morgan fingerprint density at radius 3 is 2.78 bits per heavy atom. The van der Waals surface area contributed by atoms with Crippen molar-refractivity contribution in [3.8, 4) is 0 Å². The van der Waals surface area contributed by atoms with Crippen molar-refractivity contribution in [3.05, 3.63) is 63.3 Å². The van der Waals surface area contributed by atoms with Crippen molar-refractivity contribution >= 4 is 27.5 Å². The molecule has 4 heteroatoms. The van der Waals surface area contributed by atoms with Gasteiger partial charge in [0.25, 0.3) is 0 Å². The van der Waals surface area contributed by atoms with Crippen molar-refractivity contribution < 1.29 is 4.74 Å². The van der Waals surface area contributed by atoms with Gasteiger partial charge in [-0.25, -0.2) is 4.98 Å². The van der Waals surface area contributed by atoms with Crippen molar-refractivity contribution in [1.82, 2.24) is 4.98 Å². The second-order valence-corrected chi connectivity index (χ2v) is 5.17. The van der Waals surface area contributed by atoms with E-state index in [2.05, 4.69) is 20.9 Å². The monoisotopic (exact) mass is 325 g/mol. The molecule has 0 aliphatic heterocycles. The van der Waals surface area contributed by atoms with Crippen molar-refractivity contribution in [3.63, 3.8) is 0 Å². The minimum absolute atomic E-state index is 0.543. The maximum Gasteiger partial charge on any atom is 0.132 e. The first-order valence-electron chi connectivity index (χ1n) is 5.67. The minimum atomic E-state index is 0.543. The van der Waals surface area contributed by atoms with E-state index in [1.165, 1.54) is 5.56 Å². The molecule has 1 aromatic carbocycles. The third-order valence-corrected chi connectivity index (χ3v) is 3.28. The standard InChI is InChI=1S/C14H13BrClNO/c15-13-8-12(14(16)17-9-13)6-7-18-10-11-4-2-1-3-5-11/h1-5,8-9H,6-7,10H2. The number of pyridine rings is 1. The van der Waals surface area contributed by atoms with E-state index in [4.69, 9.17) is 16.3 Å². The van der Waals surface area contributed by atoms with Crippen LogP contribution in [-0.2, 0) is 17.8 Å². The normalized spacial score (nSPS) is 10.6. The van der Waals surface area contributed by atoms with Crippen LogP contribution in [0.25, 0.3) is 0 Å². The molecule has 0 N–H and O–H groups in total. The molecule has 0 saturated carbocycles. The third-order valence-electron chi connectivity index (χ3n) is 2.51. The number of nitrogens with zero attached hydrogens (tertiary/aromatic N) is 1. The van der Waals surface area contributed by atoms with Crippen LogP contribution in [-0.4, -0.2) is 11.6 Å². The molecule has 94 valence electrons. The Balaban J connectivity index is 1.80. The smallest absolute Gasteiger partial charge is 0.132 e. The van der Waals surface area contributed by atoms with Crippen LogP contribution >= 0.6 is 27.5 Å². The highest BCUT2D eigenvalue weighted by atomic mass is 79.9. The summed E-state index contributed by atoms with van der Waals surface area (Å²) in [5.74, 6) is 0. The van der Waals surface area contributed by atoms with Gasteiger partial charge < -0.3 is 4.74 Å². The van der Waals surface area contributed by atoms with Gasteiger partial charge >= 0.3 is 0 Å². The second-order valence-electron chi connectivity index (χ2n) is 3.89. The summed E-state index contributed by atoms with van der Waals surface area (Å²) in [6.45, 7) is 1.26. The molecule has 0 aliphatic rings. The lowest BCUT2D eigenvalue weighted by molar-refractivity contribution is 0.124. The predicted octanol–water partition coefficient (Wildman–Crippen LogP) is 4.26. The summed E-state index contributed by atoms with van der Waals surface area (Å²) < 4.78 is 6.55. The molecule has 0 amide bonds. The van der Waals surface area contributed by atoms with Gasteiger partial charge in [0.05, 0.1) is 13.2 Å². The molecule has 2 nitrogen and oxygen atoms in total.